The van der Waals surface area contributed by atoms with Gasteiger partial charge < -0.3 is 20.7 Å². The monoisotopic (exact) mass is 283 g/mol. The van der Waals surface area contributed by atoms with Gasteiger partial charge in [0, 0.05) is 36.2 Å². The lowest BCUT2D eigenvalue weighted by Crippen LogP contribution is -2.17. The zero-order valence-electron chi connectivity index (χ0n) is 12.3. The van der Waals surface area contributed by atoms with Crippen LogP contribution in [0.5, 0.6) is 5.75 Å². The normalized spacial score (nSPS) is 14.2. The third-order valence-corrected chi connectivity index (χ3v) is 3.86. The van der Waals surface area contributed by atoms with Crippen LogP contribution in [-0.4, -0.2) is 20.2 Å². The molecule has 4 nitrogen and oxygen atoms in total. The molecule has 1 aliphatic heterocycles. The Morgan fingerprint density at radius 1 is 1.00 bits per heavy atom. The molecule has 0 radical (unpaired) electrons. The molecule has 0 amide bonds. The maximum absolute atomic E-state index is 5.82. The number of nitrogens with zero attached hydrogens (tertiary/aromatic N) is 1. The summed E-state index contributed by atoms with van der Waals surface area (Å²) >= 11 is 0. The summed E-state index contributed by atoms with van der Waals surface area (Å²) in [5, 5.41) is 3.37. The molecule has 2 aromatic carbocycles. The van der Waals surface area contributed by atoms with Crippen LogP contribution in [0.4, 0.5) is 22.7 Å². The van der Waals surface area contributed by atoms with E-state index >= 15 is 0 Å². The highest BCUT2D eigenvalue weighted by Crippen LogP contribution is 2.28. The van der Waals surface area contributed by atoms with Crippen LogP contribution < -0.4 is 20.7 Å². The lowest BCUT2D eigenvalue weighted by Gasteiger charge is -2.18. The number of nitrogens with one attached hydrogen (secondary N) is 1. The molecular weight excluding hydrogens is 262 g/mol. The molecule has 110 valence electrons. The molecule has 2 aromatic rings. The summed E-state index contributed by atoms with van der Waals surface area (Å²) in [4.78, 5) is 2.43. The Morgan fingerprint density at radius 3 is 2.33 bits per heavy atom. The Labute approximate surface area is 125 Å². The number of benzene rings is 2. The number of ether oxygens (including phenoxy) is 1. The smallest absolute Gasteiger partial charge is 0.143 e. The molecule has 0 bridgehead atoms. The van der Waals surface area contributed by atoms with Crippen molar-refractivity contribution in [1.29, 1.82) is 0 Å². The summed E-state index contributed by atoms with van der Waals surface area (Å²) < 4.78 is 5.24. The van der Waals surface area contributed by atoms with E-state index in [2.05, 4.69) is 34.5 Å². The van der Waals surface area contributed by atoms with Crippen LogP contribution >= 0.6 is 0 Å². The molecule has 0 aliphatic carbocycles. The van der Waals surface area contributed by atoms with Gasteiger partial charge in [0.05, 0.1) is 12.8 Å². The first-order valence-corrected chi connectivity index (χ1v) is 7.32. The second kappa shape index (κ2) is 5.95. The van der Waals surface area contributed by atoms with E-state index in [0.29, 0.717) is 11.4 Å². The fourth-order valence-electron chi connectivity index (χ4n) is 2.69. The molecule has 3 N–H and O–H groups in total. The van der Waals surface area contributed by atoms with E-state index in [1.807, 2.05) is 18.2 Å². The van der Waals surface area contributed by atoms with Crippen LogP contribution in [0, 0.1) is 0 Å². The predicted octanol–water partition coefficient (Wildman–Crippen LogP) is 3.62. The fraction of sp³-hybridized carbons (Fsp3) is 0.294. The number of nitrogens with two attached hydrogens (primary N) is 1. The minimum atomic E-state index is 0.646. The van der Waals surface area contributed by atoms with Crippen LogP contribution in [0.3, 0.4) is 0 Å². The van der Waals surface area contributed by atoms with Crippen molar-refractivity contribution in [3.05, 3.63) is 42.5 Å². The molecule has 1 fully saturated rings. The molecule has 0 aromatic heterocycles. The minimum absolute atomic E-state index is 0.646. The zero-order valence-corrected chi connectivity index (χ0v) is 12.3. The maximum Gasteiger partial charge on any atom is 0.143 e. The van der Waals surface area contributed by atoms with Crippen molar-refractivity contribution in [1.82, 2.24) is 0 Å². The van der Waals surface area contributed by atoms with Crippen molar-refractivity contribution in [3.63, 3.8) is 0 Å². The van der Waals surface area contributed by atoms with Crippen LogP contribution in [0.1, 0.15) is 12.8 Å². The van der Waals surface area contributed by atoms with Gasteiger partial charge in [0.2, 0.25) is 0 Å². The fourth-order valence-corrected chi connectivity index (χ4v) is 2.69. The zero-order chi connectivity index (χ0) is 14.7. The van der Waals surface area contributed by atoms with Gasteiger partial charge in [-0.25, -0.2) is 0 Å². The molecular formula is C17H21N3O. The van der Waals surface area contributed by atoms with Gasteiger partial charge in [-0.3, -0.25) is 0 Å². The van der Waals surface area contributed by atoms with Gasteiger partial charge in [0.15, 0.2) is 0 Å². The molecule has 1 aliphatic rings. The largest absolute Gasteiger partial charge is 0.495 e. The number of nitrogen functional groups attached to an aromatic ring is 1. The van der Waals surface area contributed by atoms with E-state index in [1.54, 1.807) is 7.11 Å². The Hall–Kier alpha value is -2.36. The van der Waals surface area contributed by atoms with Crippen LogP contribution in [0.15, 0.2) is 42.5 Å². The lowest BCUT2D eigenvalue weighted by atomic mass is 10.2. The molecule has 0 spiro atoms. The van der Waals surface area contributed by atoms with E-state index in [1.165, 1.54) is 31.6 Å². The average Bonchev–Trinajstić information content (AvgIpc) is 3.04. The van der Waals surface area contributed by atoms with Gasteiger partial charge >= 0.3 is 0 Å². The van der Waals surface area contributed by atoms with E-state index in [0.717, 1.165) is 11.4 Å². The highest BCUT2D eigenvalue weighted by molar-refractivity contribution is 5.68. The predicted molar refractivity (Wildman–Crippen MR) is 88.6 cm³/mol. The highest BCUT2D eigenvalue weighted by atomic mass is 16.5. The number of hydrogen-bond acceptors (Lipinski definition) is 4. The van der Waals surface area contributed by atoms with Crippen molar-refractivity contribution in [2.75, 3.05) is 36.1 Å². The molecule has 0 saturated carbocycles. The Kier molecular flexibility index (Phi) is 3.86. The van der Waals surface area contributed by atoms with E-state index in [-0.39, 0.29) is 0 Å². The van der Waals surface area contributed by atoms with E-state index in [9.17, 15) is 0 Å². The Balaban J connectivity index is 1.72. The van der Waals surface area contributed by atoms with Crippen molar-refractivity contribution in [3.8, 4) is 5.75 Å². The van der Waals surface area contributed by atoms with Crippen molar-refractivity contribution in [2.24, 2.45) is 0 Å². The Morgan fingerprint density at radius 2 is 1.67 bits per heavy atom. The summed E-state index contributed by atoms with van der Waals surface area (Å²) in [6.45, 7) is 2.34. The summed E-state index contributed by atoms with van der Waals surface area (Å²) in [7, 11) is 1.63. The van der Waals surface area contributed by atoms with Gasteiger partial charge in [0.1, 0.15) is 5.75 Å². The van der Waals surface area contributed by atoms with Crippen molar-refractivity contribution in [2.45, 2.75) is 12.8 Å². The summed E-state index contributed by atoms with van der Waals surface area (Å²) in [5.74, 6) is 0.689. The van der Waals surface area contributed by atoms with Gasteiger partial charge in [0.25, 0.3) is 0 Å². The third kappa shape index (κ3) is 3.05. The molecule has 4 heteroatoms. The third-order valence-electron chi connectivity index (χ3n) is 3.86. The number of rotatable bonds is 4. The lowest BCUT2D eigenvalue weighted by molar-refractivity contribution is 0.417. The van der Waals surface area contributed by atoms with Crippen molar-refractivity contribution >= 4 is 22.7 Å². The minimum Gasteiger partial charge on any atom is -0.495 e. The summed E-state index contributed by atoms with van der Waals surface area (Å²) in [5.41, 5.74) is 9.80. The van der Waals surface area contributed by atoms with Gasteiger partial charge in [-0.15, -0.1) is 0 Å². The first kappa shape index (κ1) is 13.6. The highest BCUT2D eigenvalue weighted by Gasteiger charge is 2.11. The standard InChI is InChI=1S/C17H21N3O/c1-21-17-12-14(6-9-16(17)18)19-13-4-7-15(8-5-13)20-10-2-3-11-20/h4-9,12,19H,2-3,10-11,18H2,1H3. The Bertz CT molecular complexity index is 604. The molecule has 0 unspecified atom stereocenters. The van der Waals surface area contributed by atoms with Gasteiger partial charge in [-0.05, 0) is 49.2 Å². The quantitative estimate of drug-likeness (QED) is 0.841. The molecule has 3 rings (SSSR count). The molecule has 1 heterocycles. The van der Waals surface area contributed by atoms with Crippen LogP contribution in [0.25, 0.3) is 0 Å². The summed E-state index contributed by atoms with van der Waals surface area (Å²) in [6, 6.07) is 14.3. The first-order chi connectivity index (χ1) is 10.3. The number of hydrogen-bond donors (Lipinski definition) is 2. The number of methoxy groups -OCH3 is 1. The van der Waals surface area contributed by atoms with Crippen LogP contribution in [0.2, 0.25) is 0 Å². The van der Waals surface area contributed by atoms with E-state index in [4.69, 9.17) is 10.5 Å². The molecule has 21 heavy (non-hydrogen) atoms. The molecule has 1 saturated heterocycles. The van der Waals surface area contributed by atoms with E-state index < -0.39 is 0 Å². The molecule has 0 atom stereocenters. The van der Waals surface area contributed by atoms with Crippen molar-refractivity contribution < 1.29 is 4.74 Å². The van der Waals surface area contributed by atoms with Gasteiger partial charge in [-0.2, -0.15) is 0 Å². The second-order valence-electron chi connectivity index (χ2n) is 5.32. The first-order valence-electron chi connectivity index (χ1n) is 7.32. The average molecular weight is 283 g/mol. The maximum atomic E-state index is 5.82. The van der Waals surface area contributed by atoms with Gasteiger partial charge in [-0.1, -0.05) is 0 Å². The SMILES string of the molecule is COc1cc(Nc2ccc(N3CCCC3)cc2)ccc1N. The topological polar surface area (TPSA) is 50.5 Å². The number of anilines is 4. The van der Waals surface area contributed by atoms with Crippen LogP contribution in [-0.2, 0) is 0 Å². The summed E-state index contributed by atoms with van der Waals surface area (Å²) in [6.07, 6.45) is 2.59. The second-order valence-corrected chi connectivity index (χ2v) is 5.32.